The van der Waals surface area contributed by atoms with Crippen LogP contribution in [0.2, 0.25) is 0 Å². The predicted octanol–water partition coefficient (Wildman–Crippen LogP) is 3.31. The van der Waals surface area contributed by atoms with Crippen molar-refractivity contribution in [3.05, 3.63) is 47.5 Å². The Kier molecular flexibility index (Phi) is 2.20. The van der Waals surface area contributed by atoms with Crippen LogP contribution in [0.25, 0.3) is 10.8 Å². The molecule has 16 heavy (non-hydrogen) atoms. The summed E-state index contributed by atoms with van der Waals surface area (Å²) in [7, 11) is 0. The highest BCUT2D eigenvalue weighted by molar-refractivity contribution is 5.89. The molecule has 0 aliphatic carbocycles. The third-order valence-electron chi connectivity index (χ3n) is 3.25. The third kappa shape index (κ3) is 1.27. The number of ether oxygens (including phenoxy) is 1. The molecule has 0 spiro atoms. The average molecular weight is 214 g/mol. The molecule has 2 unspecified atom stereocenters. The number of benzene rings is 2. The molecule has 1 N–H and O–H groups in total. The van der Waals surface area contributed by atoms with E-state index in [9.17, 15) is 5.11 Å². The Labute approximate surface area is 94.5 Å². The fraction of sp³-hybridized carbons (Fsp3) is 0.286. The molecule has 82 valence electrons. The van der Waals surface area contributed by atoms with Gasteiger partial charge in [0.05, 0.1) is 6.10 Å². The lowest BCUT2D eigenvalue weighted by molar-refractivity contribution is -0.145. The lowest BCUT2D eigenvalue weighted by Crippen LogP contribution is -2.16. The second-order valence-electron chi connectivity index (χ2n) is 4.18. The topological polar surface area (TPSA) is 29.5 Å². The van der Waals surface area contributed by atoms with Crippen LogP contribution in [0.5, 0.6) is 0 Å². The number of rotatable bonds is 1. The predicted molar refractivity (Wildman–Crippen MR) is 63.0 cm³/mol. The Balaban J connectivity index is 2.37. The van der Waals surface area contributed by atoms with Crippen LogP contribution < -0.4 is 0 Å². The summed E-state index contributed by atoms with van der Waals surface area (Å²) in [6.07, 6.45) is 0.0991. The van der Waals surface area contributed by atoms with Crippen LogP contribution in [-0.2, 0) is 4.74 Å². The summed E-state index contributed by atoms with van der Waals surface area (Å²) in [6.45, 7) is 2.07. The summed E-state index contributed by atoms with van der Waals surface area (Å²) in [6, 6.07) is 12.2. The summed E-state index contributed by atoms with van der Waals surface area (Å²) in [5.41, 5.74) is 2.08. The lowest BCUT2D eigenvalue weighted by Gasteiger charge is -2.29. The van der Waals surface area contributed by atoms with E-state index in [0.29, 0.717) is 0 Å². The largest absolute Gasteiger partial charge is 0.364 e. The Morgan fingerprint density at radius 2 is 1.81 bits per heavy atom. The maximum absolute atomic E-state index is 9.95. The standard InChI is InChI=1S/C14H14O2/c1-2-12-10-7-3-5-9-6-4-8-11(13(9)10)14(15)16-12/h3-8,12,14-15H,2H2,1H3. The Hall–Kier alpha value is -1.38. The van der Waals surface area contributed by atoms with Crippen molar-refractivity contribution >= 4 is 10.8 Å². The lowest BCUT2D eigenvalue weighted by atomic mass is 9.92. The molecule has 1 heterocycles. The normalized spacial score (nSPS) is 23.6. The quantitative estimate of drug-likeness (QED) is 0.789. The third-order valence-corrected chi connectivity index (χ3v) is 3.25. The van der Waals surface area contributed by atoms with Gasteiger partial charge in [0.15, 0.2) is 6.29 Å². The number of hydrogen-bond acceptors (Lipinski definition) is 2. The van der Waals surface area contributed by atoms with Crippen LogP contribution in [0.15, 0.2) is 36.4 Å². The molecule has 0 aromatic heterocycles. The molecule has 0 fully saturated rings. The highest BCUT2D eigenvalue weighted by Gasteiger charge is 2.26. The second-order valence-corrected chi connectivity index (χ2v) is 4.18. The molecule has 0 saturated carbocycles. The Morgan fingerprint density at radius 3 is 2.50 bits per heavy atom. The summed E-state index contributed by atoms with van der Waals surface area (Å²) in [4.78, 5) is 0. The van der Waals surface area contributed by atoms with Gasteiger partial charge in [0, 0.05) is 5.56 Å². The molecule has 3 rings (SSSR count). The van der Waals surface area contributed by atoms with E-state index < -0.39 is 6.29 Å². The highest BCUT2D eigenvalue weighted by Crippen LogP contribution is 2.40. The van der Waals surface area contributed by atoms with Gasteiger partial charge >= 0.3 is 0 Å². The van der Waals surface area contributed by atoms with E-state index in [1.165, 1.54) is 10.9 Å². The van der Waals surface area contributed by atoms with Gasteiger partial charge in [0.1, 0.15) is 0 Å². The fourth-order valence-electron chi connectivity index (χ4n) is 2.49. The van der Waals surface area contributed by atoms with Crippen molar-refractivity contribution in [2.45, 2.75) is 25.7 Å². The van der Waals surface area contributed by atoms with Crippen molar-refractivity contribution in [3.63, 3.8) is 0 Å². The van der Waals surface area contributed by atoms with Crippen molar-refractivity contribution in [1.29, 1.82) is 0 Å². The van der Waals surface area contributed by atoms with Gasteiger partial charge in [-0.2, -0.15) is 0 Å². The average Bonchev–Trinajstić information content (AvgIpc) is 2.33. The zero-order chi connectivity index (χ0) is 11.1. The molecular formula is C14H14O2. The maximum Gasteiger partial charge on any atom is 0.182 e. The summed E-state index contributed by atoms with van der Waals surface area (Å²) >= 11 is 0. The van der Waals surface area contributed by atoms with Crippen molar-refractivity contribution in [1.82, 2.24) is 0 Å². The van der Waals surface area contributed by atoms with Gasteiger partial charge in [-0.05, 0) is 22.8 Å². The molecule has 0 bridgehead atoms. The molecule has 0 amide bonds. The minimum absolute atomic E-state index is 0.00796. The first-order chi connectivity index (χ1) is 7.81. The zero-order valence-electron chi connectivity index (χ0n) is 9.18. The van der Waals surface area contributed by atoms with E-state index >= 15 is 0 Å². The first kappa shape index (κ1) is 9.82. The van der Waals surface area contributed by atoms with Crippen molar-refractivity contribution in [2.75, 3.05) is 0 Å². The van der Waals surface area contributed by atoms with Crippen LogP contribution >= 0.6 is 0 Å². The molecule has 2 atom stereocenters. The SMILES string of the molecule is CCC1OC(O)c2cccc3cccc1c23. The first-order valence-corrected chi connectivity index (χ1v) is 5.66. The van der Waals surface area contributed by atoms with Gasteiger partial charge in [0.2, 0.25) is 0 Å². The number of aliphatic hydroxyl groups excluding tert-OH is 1. The Morgan fingerprint density at radius 1 is 1.12 bits per heavy atom. The zero-order valence-corrected chi connectivity index (χ0v) is 9.18. The van der Waals surface area contributed by atoms with Crippen molar-refractivity contribution < 1.29 is 9.84 Å². The van der Waals surface area contributed by atoms with Gasteiger partial charge < -0.3 is 9.84 Å². The highest BCUT2D eigenvalue weighted by atomic mass is 16.6. The van der Waals surface area contributed by atoms with E-state index in [1.807, 2.05) is 18.2 Å². The molecule has 2 aromatic rings. The van der Waals surface area contributed by atoms with Crippen molar-refractivity contribution in [2.24, 2.45) is 0 Å². The van der Waals surface area contributed by atoms with Gasteiger partial charge in [0.25, 0.3) is 0 Å². The van der Waals surface area contributed by atoms with E-state index in [4.69, 9.17) is 4.74 Å². The molecule has 2 heteroatoms. The molecule has 1 aliphatic rings. The molecule has 1 aliphatic heterocycles. The maximum atomic E-state index is 9.95. The van der Waals surface area contributed by atoms with Gasteiger partial charge in [-0.3, -0.25) is 0 Å². The minimum atomic E-state index is -0.788. The fourth-order valence-corrected chi connectivity index (χ4v) is 2.49. The summed E-state index contributed by atoms with van der Waals surface area (Å²) in [5.74, 6) is 0. The van der Waals surface area contributed by atoms with E-state index in [-0.39, 0.29) is 6.10 Å². The molecule has 0 saturated heterocycles. The molecular weight excluding hydrogens is 200 g/mol. The number of hydrogen-bond donors (Lipinski definition) is 1. The molecule has 2 aromatic carbocycles. The second kappa shape index (κ2) is 3.58. The first-order valence-electron chi connectivity index (χ1n) is 5.66. The van der Waals surface area contributed by atoms with Gasteiger partial charge in [-0.1, -0.05) is 43.3 Å². The van der Waals surface area contributed by atoms with Crippen LogP contribution in [0.3, 0.4) is 0 Å². The van der Waals surface area contributed by atoms with Crippen LogP contribution in [-0.4, -0.2) is 5.11 Å². The van der Waals surface area contributed by atoms with Crippen molar-refractivity contribution in [3.8, 4) is 0 Å². The minimum Gasteiger partial charge on any atom is -0.364 e. The summed E-state index contributed by atoms with van der Waals surface area (Å²) in [5, 5.41) is 12.3. The van der Waals surface area contributed by atoms with Crippen LogP contribution in [0.1, 0.15) is 36.9 Å². The number of aliphatic hydroxyl groups is 1. The van der Waals surface area contributed by atoms with E-state index in [2.05, 4.69) is 25.1 Å². The molecule has 2 nitrogen and oxygen atoms in total. The van der Waals surface area contributed by atoms with E-state index in [0.717, 1.165) is 17.4 Å². The van der Waals surface area contributed by atoms with E-state index in [1.54, 1.807) is 0 Å². The van der Waals surface area contributed by atoms with Crippen LogP contribution in [0, 0.1) is 0 Å². The Bertz CT molecular complexity index is 528. The molecule has 0 radical (unpaired) electrons. The summed E-state index contributed by atoms with van der Waals surface area (Å²) < 4.78 is 5.61. The van der Waals surface area contributed by atoms with Gasteiger partial charge in [-0.25, -0.2) is 0 Å². The van der Waals surface area contributed by atoms with Crippen LogP contribution in [0.4, 0.5) is 0 Å². The van der Waals surface area contributed by atoms with Gasteiger partial charge in [-0.15, -0.1) is 0 Å². The monoisotopic (exact) mass is 214 g/mol. The smallest absolute Gasteiger partial charge is 0.182 e.